The Morgan fingerprint density at radius 1 is 0.773 bits per heavy atom. The van der Waals surface area contributed by atoms with Crippen molar-refractivity contribution >= 4 is 5.69 Å². The number of alkyl halides is 3. The fourth-order valence-corrected chi connectivity index (χ4v) is 1.82. The maximum atomic E-state index is 12.3. The van der Waals surface area contributed by atoms with Gasteiger partial charge in [0, 0.05) is 5.69 Å². The fourth-order valence-electron chi connectivity index (χ4n) is 1.82. The van der Waals surface area contributed by atoms with Gasteiger partial charge in [-0.05, 0) is 24.3 Å². The van der Waals surface area contributed by atoms with Crippen LogP contribution in [0.2, 0.25) is 0 Å². The Hall–Kier alpha value is -1.51. The molecule has 0 saturated carbocycles. The van der Waals surface area contributed by atoms with E-state index in [0.717, 1.165) is 0 Å². The van der Waals surface area contributed by atoms with Crippen molar-refractivity contribution in [1.82, 2.24) is 0 Å². The second-order valence-corrected chi connectivity index (χ2v) is 4.73. The molecule has 1 aromatic rings. The Balaban J connectivity index is 2.72. The summed E-state index contributed by atoms with van der Waals surface area (Å²) >= 11 is 0. The van der Waals surface area contributed by atoms with Gasteiger partial charge in [0.2, 0.25) is 0 Å². The van der Waals surface area contributed by atoms with Crippen molar-refractivity contribution in [3.63, 3.8) is 0 Å². The zero-order valence-electron chi connectivity index (χ0n) is 12.1. The summed E-state index contributed by atoms with van der Waals surface area (Å²) in [5.74, 6) is 0.499. The third-order valence-electron chi connectivity index (χ3n) is 2.88. The Labute approximate surface area is 127 Å². The molecule has 0 aliphatic heterocycles. The van der Waals surface area contributed by atoms with Gasteiger partial charge in [-0.25, -0.2) is 13.2 Å². The molecule has 1 aromatic carbocycles. The number of nitrogens with two attached hydrogens (primary N) is 1. The van der Waals surface area contributed by atoms with Crippen molar-refractivity contribution in [3.05, 3.63) is 24.3 Å². The molecule has 0 amide bonds. The smallest absolute Gasteiger partial charge is 0.188 e. The van der Waals surface area contributed by atoms with E-state index in [1.807, 2.05) is 0 Å². The van der Waals surface area contributed by atoms with Crippen LogP contribution in [0.15, 0.2) is 24.3 Å². The molecule has 2 N–H and O–H groups in total. The summed E-state index contributed by atoms with van der Waals surface area (Å²) in [4.78, 5) is 0. The molecule has 0 aromatic heterocycles. The van der Waals surface area contributed by atoms with Crippen molar-refractivity contribution < 1.29 is 32.1 Å². The topological polar surface area (TPSA) is 62.9 Å². The van der Waals surface area contributed by atoms with Gasteiger partial charge < -0.3 is 24.7 Å². The second-order valence-electron chi connectivity index (χ2n) is 4.73. The lowest BCUT2D eigenvalue weighted by Crippen LogP contribution is -2.42. The Morgan fingerprint density at radius 2 is 1.23 bits per heavy atom. The van der Waals surface area contributed by atoms with Gasteiger partial charge in [0.1, 0.15) is 12.4 Å². The predicted octanol–water partition coefficient (Wildman–Crippen LogP) is 2.46. The molecule has 1 rings (SSSR count). The summed E-state index contributed by atoms with van der Waals surface area (Å²) in [6, 6.07) is 6.57. The van der Waals surface area contributed by atoms with Crippen LogP contribution >= 0.6 is 0 Å². The zero-order chi connectivity index (χ0) is 16.3. The molecule has 0 radical (unpaired) electrons. The molecular weight excluding hydrogens is 303 g/mol. The van der Waals surface area contributed by atoms with Crippen LogP contribution in [0.4, 0.5) is 18.9 Å². The summed E-state index contributed by atoms with van der Waals surface area (Å²) in [7, 11) is 0. The van der Waals surface area contributed by atoms with Gasteiger partial charge >= 0.3 is 0 Å². The number of benzene rings is 1. The number of hydrogen-bond donors (Lipinski definition) is 1. The molecule has 0 heterocycles. The zero-order valence-corrected chi connectivity index (χ0v) is 12.1. The monoisotopic (exact) mass is 323 g/mol. The number of hydrogen-bond acceptors (Lipinski definition) is 5. The first kappa shape index (κ1) is 18.5. The van der Waals surface area contributed by atoms with E-state index >= 15 is 0 Å². The van der Waals surface area contributed by atoms with Crippen LogP contribution < -0.4 is 10.5 Å². The molecule has 0 saturated heterocycles. The quantitative estimate of drug-likeness (QED) is 0.599. The number of halogens is 3. The molecule has 8 heteroatoms. The van der Waals surface area contributed by atoms with E-state index in [0.29, 0.717) is 11.4 Å². The van der Waals surface area contributed by atoms with E-state index < -0.39 is 26.0 Å². The molecule has 0 unspecified atom stereocenters. The molecule has 0 spiro atoms. The van der Waals surface area contributed by atoms with Crippen LogP contribution in [0.3, 0.4) is 0 Å². The molecule has 22 heavy (non-hydrogen) atoms. The maximum Gasteiger partial charge on any atom is 0.188 e. The van der Waals surface area contributed by atoms with E-state index in [9.17, 15) is 13.2 Å². The molecule has 0 atom stereocenters. The van der Waals surface area contributed by atoms with E-state index in [4.69, 9.17) is 24.7 Å². The van der Waals surface area contributed by atoms with E-state index in [1.165, 1.54) is 0 Å². The van der Waals surface area contributed by atoms with Crippen LogP contribution in [0.1, 0.15) is 0 Å². The van der Waals surface area contributed by atoms with Crippen LogP contribution in [0.25, 0.3) is 0 Å². The lowest BCUT2D eigenvalue weighted by Gasteiger charge is -2.31. The summed E-state index contributed by atoms with van der Waals surface area (Å²) in [6.45, 7) is -3.63. The van der Waals surface area contributed by atoms with E-state index in [-0.39, 0.29) is 26.4 Å². The van der Waals surface area contributed by atoms with Gasteiger partial charge in [0.05, 0.1) is 25.2 Å². The van der Waals surface area contributed by atoms with Gasteiger partial charge in [-0.2, -0.15) is 0 Å². The minimum Gasteiger partial charge on any atom is -0.493 e. The predicted molar refractivity (Wildman–Crippen MR) is 74.6 cm³/mol. The van der Waals surface area contributed by atoms with Crippen molar-refractivity contribution in [3.8, 4) is 5.75 Å². The third kappa shape index (κ3) is 6.50. The van der Waals surface area contributed by atoms with Crippen molar-refractivity contribution in [2.24, 2.45) is 5.41 Å². The summed E-state index contributed by atoms with van der Waals surface area (Å²) in [5, 5.41) is 0. The average molecular weight is 323 g/mol. The van der Waals surface area contributed by atoms with E-state index in [1.54, 1.807) is 24.3 Å². The average Bonchev–Trinajstić information content (AvgIpc) is 2.55. The lowest BCUT2D eigenvalue weighted by molar-refractivity contribution is -0.118. The van der Waals surface area contributed by atoms with Gasteiger partial charge in [-0.15, -0.1) is 0 Å². The summed E-state index contributed by atoms with van der Waals surface area (Å²) in [6.07, 6.45) is 0. The Kier molecular flexibility index (Phi) is 8.64. The molecule has 0 aliphatic carbocycles. The van der Waals surface area contributed by atoms with Crippen molar-refractivity contribution in [1.29, 1.82) is 0 Å². The number of anilines is 1. The maximum absolute atomic E-state index is 12.3. The van der Waals surface area contributed by atoms with Crippen LogP contribution in [0.5, 0.6) is 5.75 Å². The van der Waals surface area contributed by atoms with Gasteiger partial charge in [0.25, 0.3) is 0 Å². The first-order valence-corrected chi connectivity index (χ1v) is 6.55. The second kappa shape index (κ2) is 10.3. The molecule has 5 nitrogen and oxygen atoms in total. The SMILES string of the molecule is Nc1ccc(OCC(COCF)(COCF)COCF)cc1. The minimum absolute atomic E-state index is 0.0308. The van der Waals surface area contributed by atoms with Crippen molar-refractivity contribution in [2.75, 3.05) is 52.7 Å². The van der Waals surface area contributed by atoms with Crippen LogP contribution in [-0.4, -0.2) is 47.0 Å². The van der Waals surface area contributed by atoms with Crippen LogP contribution in [-0.2, 0) is 14.2 Å². The standard InChI is InChI=1S/C14H20F3NO4/c15-9-19-5-14(6-20-10-16,7-21-11-17)8-22-13-3-1-12(18)2-4-13/h1-4H,5-11,18H2. The van der Waals surface area contributed by atoms with Gasteiger partial charge in [0.15, 0.2) is 20.6 Å². The summed E-state index contributed by atoms with van der Waals surface area (Å²) < 4.78 is 56.5. The highest BCUT2D eigenvalue weighted by Crippen LogP contribution is 2.23. The highest BCUT2D eigenvalue weighted by Gasteiger charge is 2.33. The molecule has 0 aliphatic rings. The number of nitrogen functional groups attached to an aromatic ring is 1. The molecular formula is C14H20F3NO4. The number of rotatable bonds is 12. The largest absolute Gasteiger partial charge is 0.493 e. The fraction of sp³-hybridized carbons (Fsp3) is 0.571. The minimum atomic E-state index is -1.04. The Bertz CT molecular complexity index is 384. The first-order valence-electron chi connectivity index (χ1n) is 6.55. The Morgan fingerprint density at radius 3 is 1.64 bits per heavy atom. The highest BCUT2D eigenvalue weighted by atomic mass is 19.1. The normalized spacial score (nSPS) is 11.6. The molecule has 0 bridgehead atoms. The first-order chi connectivity index (χ1) is 10.7. The molecule has 0 fully saturated rings. The van der Waals surface area contributed by atoms with Gasteiger partial charge in [-0.1, -0.05) is 0 Å². The highest BCUT2D eigenvalue weighted by molar-refractivity contribution is 5.41. The van der Waals surface area contributed by atoms with E-state index in [2.05, 4.69) is 0 Å². The van der Waals surface area contributed by atoms with Gasteiger partial charge in [-0.3, -0.25) is 0 Å². The molecule has 126 valence electrons. The van der Waals surface area contributed by atoms with Crippen molar-refractivity contribution in [2.45, 2.75) is 0 Å². The third-order valence-corrected chi connectivity index (χ3v) is 2.88. The lowest BCUT2D eigenvalue weighted by atomic mass is 9.92. The summed E-state index contributed by atoms with van der Waals surface area (Å²) in [5.41, 5.74) is 5.10. The van der Waals surface area contributed by atoms with Crippen LogP contribution in [0, 0.1) is 5.41 Å². The number of ether oxygens (including phenoxy) is 4.